The summed E-state index contributed by atoms with van der Waals surface area (Å²) < 4.78 is 0. The maximum absolute atomic E-state index is 6.38. The van der Waals surface area contributed by atoms with E-state index < -0.39 is 0 Å². The highest BCUT2D eigenvalue weighted by molar-refractivity contribution is 6.31. The second-order valence-electron chi connectivity index (χ2n) is 5.54. The van der Waals surface area contributed by atoms with Crippen molar-refractivity contribution in [1.82, 2.24) is 15.2 Å². The molecule has 1 aliphatic heterocycles. The first-order chi connectivity index (χ1) is 10.2. The highest BCUT2D eigenvalue weighted by Crippen LogP contribution is 2.29. The van der Waals surface area contributed by atoms with Gasteiger partial charge in [0.1, 0.15) is 0 Å². The normalized spacial score (nSPS) is 19.6. The molecule has 0 bridgehead atoms. The summed E-state index contributed by atoms with van der Waals surface area (Å²) in [6.07, 6.45) is 1.93. The molecule has 3 rings (SSSR count). The molecule has 0 saturated carbocycles. The van der Waals surface area contributed by atoms with Crippen molar-refractivity contribution in [2.24, 2.45) is 0 Å². The van der Waals surface area contributed by atoms with Gasteiger partial charge in [0.05, 0.1) is 5.69 Å². The van der Waals surface area contributed by atoms with E-state index in [0.29, 0.717) is 6.04 Å². The Morgan fingerprint density at radius 3 is 2.90 bits per heavy atom. The number of halogens is 1. The van der Waals surface area contributed by atoms with Crippen LogP contribution in [0.15, 0.2) is 42.6 Å². The van der Waals surface area contributed by atoms with Crippen molar-refractivity contribution in [2.75, 3.05) is 19.6 Å². The van der Waals surface area contributed by atoms with E-state index in [-0.39, 0.29) is 0 Å². The smallest absolute Gasteiger partial charge is 0.0544 e. The van der Waals surface area contributed by atoms with Crippen molar-refractivity contribution in [3.8, 4) is 0 Å². The second-order valence-corrected chi connectivity index (χ2v) is 5.95. The van der Waals surface area contributed by atoms with Crippen LogP contribution in [0.5, 0.6) is 0 Å². The van der Waals surface area contributed by atoms with Gasteiger partial charge in [-0.2, -0.15) is 0 Å². The van der Waals surface area contributed by atoms with E-state index in [1.165, 1.54) is 11.1 Å². The second kappa shape index (κ2) is 6.56. The van der Waals surface area contributed by atoms with Crippen LogP contribution >= 0.6 is 11.6 Å². The number of rotatable bonds is 3. The van der Waals surface area contributed by atoms with Gasteiger partial charge in [-0.1, -0.05) is 35.9 Å². The number of nitrogens with one attached hydrogen (secondary N) is 1. The summed E-state index contributed by atoms with van der Waals surface area (Å²) in [6, 6.07) is 12.7. The number of piperazine rings is 1. The van der Waals surface area contributed by atoms with E-state index in [4.69, 9.17) is 11.6 Å². The Kier molecular flexibility index (Phi) is 4.54. The van der Waals surface area contributed by atoms with Crippen LogP contribution in [0.3, 0.4) is 0 Å². The van der Waals surface area contributed by atoms with E-state index in [1.54, 1.807) is 0 Å². The number of aryl methyl sites for hydroxylation is 1. The van der Waals surface area contributed by atoms with Crippen LogP contribution in [0.1, 0.15) is 22.9 Å². The zero-order valence-electron chi connectivity index (χ0n) is 12.2. The number of hydrogen-bond acceptors (Lipinski definition) is 3. The van der Waals surface area contributed by atoms with Gasteiger partial charge in [0.2, 0.25) is 0 Å². The minimum atomic E-state index is 0.301. The molecular weight excluding hydrogens is 282 g/mol. The molecule has 1 aromatic carbocycles. The Morgan fingerprint density at radius 1 is 1.29 bits per heavy atom. The van der Waals surface area contributed by atoms with E-state index in [9.17, 15) is 0 Å². The van der Waals surface area contributed by atoms with Gasteiger partial charge in [-0.25, -0.2) is 0 Å². The fourth-order valence-corrected chi connectivity index (χ4v) is 3.05. The molecule has 1 aliphatic rings. The summed E-state index contributed by atoms with van der Waals surface area (Å²) >= 11 is 6.38. The molecular formula is C17H20ClN3. The number of nitrogens with zero attached hydrogens (tertiary/aromatic N) is 2. The minimum absolute atomic E-state index is 0.301. The van der Waals surface area contributed by atoms with Crippen molar-refractivity contribution in [1.29, 1.82) is 0 Å². The average molecular weight is 302 g/mol. The lowest BCUT2D eigenvalue weighted by molar-refractivity contribution is 0.152. The van der Waals surface area contributed by atoms with E-state index in [2.05, 4.69) is 46.4 Å². The lowest BCUT2D eigenvalue weighted by Crippen LogP contribution is -2.45. The summed E-state index contributed by atoms with van der Waals surface area (Å²) in [5.74, 6) is 0. The van der Waals surface area contributed by atoms with Crippen molar-refractivity contribution < 1.29 is 0 Å². The topological polar surface area (TPSA) is 28.2 Å². The van der Waals surface area contributed by atoms with E-state index >= 15 is 0 Å². The van der Waals surface area contributed by atoms with Crippen molar-refractivity contribution in [3.63, 3.8) is 0 Å². The first-order valence-electron chi connectivity index (χ1n) is 7.35. The molecule has 4 heteroatoms. The SMILES string of the molecule is Cc1ccc(CN2CCNCC2c2ccccc2Cl)nc1. The van der Waals surface area contributed by atoms with Crippen LogP contribution in [0.4, 0.5) is 0 Å². The number of benzene rings is 1. The number of hydrogen-bond donors (Lipinski definition) is 1. The molecule has 110 valence electrons. The Labute approximate surface area is 131 Å². The Morgan fingerprint density at radius 2 is 2.14 bits per heavy atom. The first-order valence-corrected chi connectivity index (χ1v) is 7.72. The zero-order valence-corrected chi connectivity index (χ0v) is 13.0. The molecule has 0 spiro atoms. The first kappa shape index (κ1) is 14.5. The maximum Gasteiger partial charge on any atom is 0.0544 e. The standard InChI is InChI=1S/C17H20ClN3/c1-13-6-7-14(20-10-13)12-21-9-8-19-11-17(21)15-4-2-3-5-16(15)18/h2-7,10,17,19H,8-9,11-12H2,1H3. The Balaban J connectivity index is 1.81. The lowest BCUT2D eigenvalue weighted by Gasteiger charge is -2.36. The average Bonchev–Trinajstić information content (AvgIpc) is 2.51. The van der Waals surface area contributed by atoms with E-state index in [0.717, 1.165) is 36.9 Å². The lowest BCUT2D eigenvalue weighted by atomic mass is 10.0. The van der Waals surface area contributed by atoms with Crippen molar-refractivity contribution in [2.45, 2.75) is 19.5 Å². The van der Waals surface area contributed by atoms with Gasteiger partial charge in [-0.05, 0) is 30.2 Å². The van der Waals surface area contributed by atoms with Gasteiger partial charge < -0.3 is 5.32 Å². The monoisotopic (exact) mass is 301 g/mol. The number of pyridine rings is 1. The van der Waals surface area contributed by atoms with Gasteiger partial charge in [-0.15, -0.1) is 0 Å². The summed E-state index contributed by atoms with van der Waals surface area (Å²) in [5.41, 5.74) is 3.50. The van der Waals surface area contributed by atoms with Crippen molar-refractivity contribution in [3.05, 3.63) is 64.4 Å². The minimum Gasteiger partial charge on any atom is -0.314 e. The molecule has 1 saturated heterocycles. The molecule has 1 fully saturated rings. The third kappa shape index (κ3) is 3.43. The van der Waals surface area contributed by atoms with Crippen LogP contribution in [-0.4, -0.2) is 29.5 Å². The van der Waals surface area contributed by atoms with Gasteiger partial charge in [0.15, 0.2) is 0 Å². The van der Waals surface area contributed by atoms with Crippen molar-refractivity contribution >= 4 is 11.6 Å². The molecule has 0 radical (unpaired) electrons. The fourth-order valence-electron chi connectivity index (χ4n) is 2.79. The van der Waals surface area contributed by atoms with Crippen LogP contribution in [0.2, 0.25) is 5.02 Å². The summed E-state index contributed by atoms with van der Waals surface area (Å²) in [7, 11) is 0. The fraction of sp³-hybridized carbons (Fsp3) is 0.353. The highest BCUT2D eigenvalue weighted by atomic mass is 35.5. The maximum atomic E-state index is 6.38. The van der Waals surface area contributed by atoms with Gasteiger partial charge in [0.25, 0.3) is 0 Å². The molecule has 1 N–H and O–H groups in total. The molecule has 1 atom stereocenters. The molecule has 0 amide bonds. The Hall–Kier alpha value is -1.42. The molecule has 1 aromatic heterocycles. The van der Waals surface area contributed by atoms with Crippen LogP contribution in [-0.2, 0) is 6.54 Å². The molecule has 2 aromatic rings. The zero-order chi connectivity index (χ0) is 14.7. The molecule has 21 heavy (non-hydrogen) atoms. The van der Waals surface area contributed by atoms with Gasteiger partial charge >= 0.3 is 0 Å². The molecule has 3 nitrogen and oxygen atoms in total. The van der Waals surface area contributed by atoms with Crippen LogP contribution in [0.25, 0.3) is 0 Å². The highest BCUT2D eigenvalue weighted by Gasteiger charge is 2.25. The van der Waals surface area contributed by atoms with Gasteiger partial charge in [0, 0.05) is 43.4 Å². The summed E-state index contributed by atoms with van der Waals surface area (Å²) in [4.78, 5) is 6.98. The quantitative estimate of drug-likeness (QED) is 0.944. The molecule has 2 heterocycles. The third-order valence-electron chi connectivity index (χ3n) is 3.96. The predicted molar refractivity (Wildman–Crippen MR) is 86.4 cm³/mol. The third-order valence-corrected chi connectivity index (χ3v) is 4.30. The summed E-state index contributed by atoms with van der Waals surface area (Å²) in [5, 5.41) is 4.31. The van der Waals surface area contributed by atoms with Crippen LogP contribution < -0.4 is 5.32 Å². The van der Waals surface area contributed by atoms with Gasteiger partial charge in [-0.3, -0.25) is 9.88 Å². The Bertz CT molecular complexity index is 597. The molecule has 0 aliphatic carbocycles. The summed E-state index contributed by atoms with van der Waals surface area (Å²) in [6.45, 7) is 5.86. The largest absolute Gasteiger partial charge is 0.314 e. The van der Waals surface area contributed by atoms with E-state index in [1.807, 2.05) is 18.3 Å². The van der Waals surface area contributed by atoms with Crippen LogP contribution in [0, 0.1) is 6.92 Å². The number of aromatic nitrogens is 1. The molecule has 1 unspecified atom stereocenters. The predicted octanol–water partition coefficient (Wildman–Crippen LogP) is 3.19.